The minimum absolute atomic E-state index is 0.0202. The number of Topliss-reactive ketones (excluding diaryl/α,β-unsaturated/α-hetero) is 1. The van der Waals surface area contributed by atoms with Crippen LogP contribution in [0.1, 0.15) is 31.2 Å². The molecule has 4 nitrogen and oxygen atoms in total. The number of likely N-dealkylation sites (tertiary alicyclic amines) is 1. The van der Waals surface area contributed by atoms with Crippen LogP contribution in [0.3, 0.4) is 0 Å². The molecular weight excluding hydrogens is 323 g/mol. The van der Waals surface area contributed by atoms with E-state index in [1.807, 2.05) is 7.05 Å². The zero-order valence-electron chi connectivity index (χ0n) is 13.7. The number of fused-ring (bicyclic) bond motifs is 1. The first-order valence-electron chi connectivity index (χ1n) is 7.93. The zero-order chi connectivity index (χ0) is 17.5. The molecule has 1 aliphatic heterocycles. The molecule has 132 valence electrons. The Bertz CT molecular complexity index is 646. The van der Waals surface area contributed by atoms with Crippen molar-refractivity contribution < 1.29 is 27.4 Å². The summed E-state index contributed by atoms with van der Waals surface area (Å²) in [6.07, 6.45) is -2.23. The smallest absolute Gasteiger partial charge is 0.493 e. The van der Waals surface area contributed by atoms with E-state index in [2.05, 4.69) is 9.64 Å². The highest BCUT2D eigenvalue weighted by Gasteiger charge is 2.51. The number of methoxy groups -OCH3 is 1. The fourth-order valence-corrected chi connectivity index (χ4v) is 4.19. The van der Waals surface area contributed by atoms with E-state index in [1.54, 1.807) is 6.07 Å². The lowest BCUT2D eigenvalue weighted by atomic mass is 9.69. The Morgan fingerprint density at radius 1 is 1.25 bits per heavy atom. The van der Waals surface area contributed by atoms with Crippen LogP contribution in [0.4, 0.5) is 13.2 Å². The Morgan fingerprint density at radius 2 is 2.00 bits per heavy atom. The van der Waals surface area contributed by atoms with Gasteiger partial charge in [-0.15, -0.1) is 13.2 Å². The molecule has 2 aliphatic rings. The summed E-state index contributed by atoms with van der Waals surface area (Å²) < 4.78 is 47.2. The number of carbonyl (C=O) groups excluding carboxylic acids is 1. The average molecular weight is 343 g/mol. The summed E-state index contributed by atoms with van der Waals surface area (Å²) >= 11 is 0. The number of rotatable bonds is 3. The summed E-state index contributed by atoms with van der Waals surface area (Å²) in [4.78, 5) is 14.2. The molecule has 2 atom stereocenters. The standard InChI is InChI=1S/C17H20F3NO3/c1-21-8-7-11-3-5-13(22)10-16(11,21)12-4-6-14(23-2)15(9-12)24-17(18,19)20/h4,6,9,11H,3,5,7-8,10H2,1-2H3/t11?,16-/m0/s1. The van der Waals surface area contributed by atoms with E-state index in [1.165, 1.54) is 19.2 Å². The van der Waals surface area contributed by atoms with Crippen LogP contribution in [0.25, 0.3) is 0 Å². The van der Waals surface area contributed by atoms with Crippen LogP contribution in [-0.4, -0.2) is 37.7 Å². The molecule has 1 unspecified atom stereocenters. The highest BCUT2D eigenvalue weighted by molar-refractivity contribution is 5.81. The van der Waals surface area contributed by atoms with Gasteiger partial charge >= 0.3 is 6.36 Å². The lowest BCUT2D eigenvalue weighted by Gasteiger charge is -2.44. The number of nitrogens with zero attached hydrogens (tertiary/aromatic N) is 1. The van der Waals surface area contributed by atoms with Gasteiger partial charge in [0.2, 0.25) is 0 Å². The van der Waals surface area contributed by atoms with Gasteiger partial charge in [0.1, 0.15) is 5.78 Å². The van der Waals surface area contributed by atoms with Gasteiger partial charge in [-0.05, 0) is 50.0 Å². The van der Waals surface area contributed by atoms with E-state index in [4.69, 9.17) is 4.74 Å². The van der Waals surface area contributed by atoms with Crippen molar-refractivity contribution in [3.8, 4) is 11.5 Å². The topological polar surface area (TPSA) is 38.8 Å². The number of halogens is 3. The fourth-order valence-electron chi connectivity index (χ4n) is 4.19. The summed E-state index contributed by atoms with van der Waals surface area (Å²) in [5, 5.41) is 0. The lowest BCUT2D eigenvalue weighted by molar-refractivity contribution is -0.275. The number of hydrogen-bond acceptors (Lipinski definition) is 4. The third-order valence-corrected chi connectivity index (χ3v) is 5.30. The monoisotopic (exact) mass is 343 g/mol. The van der Waals surface area contributed by atoms with Gasteiger partial charge in [-0.2, -0.15) is 0 Å². The molecule has 0 radical (unpaired) electrons. The highest BCUT2D eigenvalue weighted by atomic mass is 19.4. The number of ketones is 1. The Hall–Kier alpha value is -1.76. The van der Waals surface area contributed by atoms with Crippen molar-refractivity contribution in [1.82, 2.24) is 4.90 Å². The summed E-state index contributed by atoms with van der Waals surface area (Å²) in [6.45, 7) is 0.819. The van der Waals surface area contributed by atoms with Crippen molar-refractivity contribution in [3.63, 3.8) is 0 Å². The number of alkyl halides is 3. The molecule has 7 heteroatoms. The Labute approximate surface area is 138 Å². The van der Waals surface area contributed by atoms with Gasteiger partial charge in [-0.1, -0.05) is 6.07 Å². The van der Waals surface area contributed by atoms with Gasteiger partial charge < -0.3 is 9.47 Å². The molecule has 2 fully saturated rings. The summed E-state index contributed by atoms with van der Waals surface area (Å²) in [6, 6.07) is 4.60. The van der Waals surface area contributed by atoms with E-state index >= 15 is 0 Å². The van der Waals surface area contributed by atoms with E-state index in [9.17, 15) is 18.0 Å². The van der Waals surface area contributed by atoms with Crippen LogP contribution in [0.5, 0.6) is 11.5 Å². The van der Waals surface area contributed by atoms with E-state index < -0.39 is 11.9 Å². The summed E-state index contributed by atoms with van der Waals surface area (Å²) in [5.41, 5.74) is 0.131. The molecular formula is C17H20F3NO3. The number of benzene rings is 1. The number of carbonyl (C=O) groups is 1. The van der Waals surface area contributed by atoms with Crippen molar-refractivity contribution in [2.75, 3.05) is 20.7 Å². The Morgan fingerprint density at radius 3 is 2.67 bits per heavy atom. The van der Waals surface area contributed by atoms with Gasteiger partial charge in [0.25, 0.3) is 0 Å². The van der Waals surface area contributed by atoms with E-state index in [0.717, 1.165) is 19.4 Å². The van der Waals surface area contributed by atoms with Gasteiger partial charge in [0, 0.05) is 12.8 Å². The average Bonchev–Trinajstić information content (AvgIpc) is 2.83. The molecule has 3 rings (SSSR count). The fraction of sp³-hybridized carbons (Fsp3) is 0.588. The van der Waals surface area contributed by atoms with Crippen molar-refractivity contribution >= 4 is 5.78 Å². The lowest BCUT2D eigenvalue weighted by Crippen LogP contribution is -2.47. The minimum Gasteiger partial charge on any atom is -0.493 e. The molecule has 1 saturated carbocycles. The van der Waals surface area contributed by atoms with Crippen molar-refractivity contribution in [3.05, 3.63) is 23.8 Å². The second-order valence-corrected chi connectivity index (χ2v) is 6.50. The van der Waals surface area contributed by atoms with Crippen LogP contribution in [-0.2, 0) is 10.3 Å². The molecule has 1 aromatic carbocycles. The minimum atomic E-state index is -4.80. The molecule has 24 heavy (non-hydrogen) atoms. The van der Waals surface area contributed by atoms with Gasteiger partial charge in [0.05, 0.1) is 12.6 Å². The largest absolute Gasteiger partial charge is 0.573 e. The van der Waals surface area contributed by atoms with Crippen LogP contribution in [0, 0.1) is 5.92 Å². The molecule has 1 aromatic rings. The van der Waals surface area contributed by atoms with Gasteiger partial charge in [0.15, 0.2) is 11.5 Å². The zero-order valence-corrected chi connectivity index (χ0v) is 13.7. The molecule has 1 heterocycles. The quantitative estimate of drug-likeness (QED) is 0.842. The summed E-state index contributed by atoms with van der Waals surface area (Å²) in [7, 11) is 3.22. The molecule has 0 bridgehead atoms. The predicted octanol–water partition coefficient (Wildman–Crippen LogP) is 3.49. The maximum absolute atomic E-state index is 12.7. The van der Waals surface area contributed by atoms with Crippen molar-refractivity contribution in [2.24, 2.45) is 5.92 Å². The van der Waals surface area contributed by atoms with Crippen molar-refractivity contribution in [2.45, 2.75) is 37.6 Å². The van der Waals surface area contributed by atoms with Crippen molar-refractivity contribution in [1.29, 1.82) is 0 Å². The normalized spacial score (nSPS) is 27.9. The maximum atomic E-state index is 12.7. The van der Waals surface area contributed by atoms with Crippen LogP contribution >= 0.6 is 0 Å². The number of hydrogen-bond donors (Lipinski definition) is 0. The molecule has 0 aromatic heterocycles. The molecule has 0 amide bonds. The van der Waals surface area contributed by atoms with E-state index in [0.29, 0.717) is 18.4 Å². The highest BCUT2D eigenvalue weighted by Crippen LogP contribution is 2.51. The molecule has 0 N–H and O–H groups in total. The second kappa shape index (κ2) is 5.95. The first-order chi connectivity index (χ1) is 11.3. The van der Waals surface area contributed by atoms with E-state index in [-0.39, 0.29) is 23.2 Å². The third-order valence-electron chi connectivity index (χ3n) is 5.30. The first kappa shape index (κ1) is 17.1. The SMILES string of the molecule is COc1ccc([C@]23CC(=O)CCC2CCN3C)cc1OC(F)(F)F. The summed E-state index contributed by atoms with van der Waals surface area (Å²) in [5.74, 6) is 0.0576. The Kier molecular flexibility index (Phi) is 4.23. The number of ether oxygens (including phenoxy) is 2. The molecule has 1 saturated heterocycles. The third kappa shape index (κ3) is 2.85. The first-order valence-corrected chi connectivity index (χ1v) is 7.93. The predicted molar refractivity (Wildman–Crippen MR) is 81.0 cm³/mol. The van der Waals surface area contributed by atoms with Gasteiger partial charge in [-0.3, -0.25) is 9.69 Å². The maximum Gasteiger partial charge on any atom is 0.573 e. The molecule has 0 spiro atoms. The molecule has 1 aliphatic carbocycles. The van der Waals surface area contributed by atoms with Gasteiger partial charge in [-0.25, -0.2) is 0 Å². The van der Waals surface area contributed by atoms with Crippen LogP contribution in [0.15, 0.2) is 18.2 Å². The van der Waals surface area contributed by atoms with Crippen LogP contribution in [0.2, 0.25) is 0 Å². The van der Waals surface area contributed by atoms with Crippen LogP contribution < -0.4 is 9.47 Å². The Balaban J connectivity index is 2.07. The second-order valence-electron chi connectivity index (χ2n) is 6.50.